The zero-order chi connectivity index (χ0) is 34.2. The number of fused-ring (bicyclic) bond motifs is 1. The first-order chi connectivity index (χ1) is 23.2. The number of aryl methyl sites for hydroxylation is 1. The van der Waals surface area contributed by atoms with Crippen LogP contribution in [0.5, 0.6) is 5.75 Å². The summed E-state index contributed by atoms with van der Waals surface area (Å²) in [6.45, 7) is 11.5. The van der Waals surface area contributed by atoms with Crippen LogP contribution in [0.25, 0.3) is 22.2 Å². The van der Waals surface area contributed by atoms with Crippen molar-refractivity contribution in [1.29, 1.82) is 0 Å². The van der Waals surface area contributed by atoms with Crippen molar-refractivity contribution in [2.24, 2.45) is 5.92 Å². The molecule has 0 bridgehead atoms. The lowest BCUT2D eigenvalue weighted by molar-refractivity contribution is 0.262. The van der Waals surface area contributed by atoms with Gasteiger partial charge in [-0.1, -0.05) is 85.3 Å². The molecule has 48 heavy (non-hydrogen) atoms. The maximum absolute atomic E-state index is 14.3. The van der Waals surface area contributed by atoms with E-state index in [0.717, 1.165) is 58.7 Å². The minimum atomic E-state index is -0.484. The average Bonchev–Trinajstić information content (AvgIpc) is 3.07. The fraction of sp³-hybridized carbons (Fsp3) is 0.475. The Hall–Kier alpha value is -4.33. The fourth-order valence-corrected chi connectivity index (χ4v) is 7.02. The molecule has 2 heterocycles. The van der Waals surface area contributed by atoms with Crippen molar-refractivity contribution in [3.8, 4) is 16.9 Å². The molecule has 0 spiro atoms. The number of nitrogens with two attached hydrogens (primary N) is 1. The van der Waals surface area contributed by atoms with Crippen LogP contribution in [0, 0.1) is 5.92 Å². The number of aromatic nitrogens is 2. The number of nitrogens with one attached hydrogen (secondary N) is 2. The van der Waals surface area contributed by atoms with Gasteiger partial charge in [-0.3, -0.25) is 9.36 Å². The van der Waals surface area contributed by atoms with Crippen molar-refractivity contribution in [1.82, 2.24) is 9.55 Å². The molecular formula is C40H53N5O3. The van der Waals surface area contributed by atoms with Gasteiger partial charge < -0.3 is 21.1 Å². The third kappa shape index (κ3) is 8.20. The molecule has 0 unspecified atom stereocenters. The van der Waals surface area contributed by atoms with E-state index in [1.807, 2.05) is 48.5 Å². The number of carbonyl (C=O) groups excluding carboxylic acids is 1. The molecule has 1 fully saturated rings. The van der Waals surface area contributed by atoms with Gasteiger partial charge in [-0.05, 0) is 90.1 Å². The van der Waals surface area contributed by atoms with E-state index in [-0.39, 0.29) is 23.1 Å². The summed E-state index contributed by atoms with van der Waals surface area (Å²) in [4.78, 5) is 32.9. The number of ether oxygens (including phenoxy) is 1. The van der Waals surface area contributed by atoms with Gasteiger partial charge in [0.25, 0.3) is 5.56 Å². The van der Waals surface area contributed by atoms with Gasteiger partial charge in [-0.25, -0.2) is 9.78 Å². The Morgan fingerprint density at radius 3 is 2.35 bits per heavy atom. The van der Waals surface area contributed by atoms with Crippen LogP contribution in [0.15, 0.2) is 59.5 Å². The Balaban J connectivity index is 1.52. The minimum absolute atomic E-state index is 0.125. The van der Waals surface area contributed by atoms with Gasteiger partial charge in [-0.2, -0.15) is 0 Å². The first-order valence-corrected chi connectivity index (χ1v) is 17.9. The number of anilines is 3. The van der Waals surface area contributed by atoms with Crippen LogP contribution in [0.4, 0.5) is 21.9 Å². The molecule has 2 aromatic carbocycles. The van der Waals surface area contributed by atoms with E-state index in [9.17, 15) is 9.59 Å². The third-order valence-corrected chi connectivity index (χ3v) is 9.57. The topological polar surface area (TPSA) is 111 Å². The molecule has 1 aliphatic rings. The van der Waals surface area contributed by atoms with Crippen molar-refractivity contribution in [2.45, 2.75) is 111 Å². The summed E-state index contributed by atoms with van der Waals surface area (Å²) in [6.07, 6.45) is 12.4. The Bertz CT molecular complexity index is 1740. The minimum Gasteiger partial charge on any atom is -0.494 e. The molecule has 0 atom stereocenters. The Labute approximate surface area is 285 Å². The molecule has 1 saturated carbocycles. The lowest BCUT2D eigenvalue weighted by Gasteiger charge is -2.22. The summed E-state index contributed by atoms with van der Waals surface area (Å²) in [7, 11) is 0. The standard InChI is InChI=1S/C40H53N5O3/c1-6-7-21-45-38-32(19-12-20-42-38)35(29-17-11-18-31(23-29)48-22-13-16-28-14-9-8-10-15-28)37(39(45)46)44-40(47)43-36-33(26(2)3)24-30(41)25-34(36)27(4)5/h11-12,17-20,23-28H,6-10,13-16,21-22,41H2,1-5H3,(H2,43,44,47). The van der Waals surface area contributed by atoms with Gasteiger partial charge in [-0.15, -0.1) is 0 Å². The first kappa shape index (κ1) is 35.0. The van der Waals surface area contributed by atoms with Gasteiger partial charge in [0.1, 0.15) is 17.1 Å². The van der Waals surface area contributed by atoms with Crippen molar-refractivity contribution in [2.75, 3.05) is 23.0 Å². The van der Waals surface area contributed by atoms with E-state index in [4.69, 9.17) is 10.5 Å². The lowest BCUT2D eigenvalue weighted by atomic mass is 9.86. The molecule has 8 heteroatoms. The molecule has 2 aromatic heterocycles. The van der Waals surface area contributed by atoms with Crippen LogP contribution < -0.4 is 26.7 Å². The molecule has 1 aliphatic carbocycles. The molecule has 0 saturated heterocycles. The number of hydrogen-bond acceptors (Lipinski definition) is 5. The summed E-state index contributed by atoms with van der Waals surface area (Å²) >= 11 is 0. The number of hydrogen-bond donors (Lipinski definition) is 3. The quantitative estimate of drug-likeness (QED) is 0.0984. The molecule has 0 radical (unpaired) electrons. The second-order valence-electron chi connectivity index (χ2n) is 13.9. The predicted molar refractivity (Wildman–Crippen MR) is 199 cm³/mol. The van der Waals surface area contributed by atoms with Gasteiger partial charge in [0.15, 0.2) is 0 Å². The summed E-state index contributed by atoms with van der Waals surface area (Å²) in [5.41, 5.74) is 11.5. The normalized spacial score (nSPS) is 13.7. The SMILES string of the molecule is CCCCn1c(=O)c(NC(=O)Nc2c(C(C)C)cc(N)cc2C(C)C)c(-c2cccc(OCCCC3CCCCC3)c2)c2cccnc21. The van der Waals surface area contributed by atoms with Crippen molar-refractivity contribution < 1.29 is 9.53 Å². The van der Waals surface area contributed by atoms with Gasteiger partial charge in [0, 0.05) is 35.1 Å². The van der Waals surface area contributed by atoms with Crippen molar-refractivity contribution >= 4 is 34.1 Å². The molecule has 256 valence electrons. The van der Waals surface area contributed by atoms with E-state index in [2.05, 4.69) is 50.2 Å². The summed E-state index contributed by atoms with van der Waals surface area (Å²) < 4.78 is 7.94. The fourth-order valence-electron chi connectivity index (χ4n) is 7.02. The number of pyridine rings is 2. The molecule has 8 nitrogen and oxygen atoms in total. The number of nitrogen functional groups attached to an aromatic ring is 1. The predicted octanol–water partition coefficient (Wildman–Crippen LogP) is 10.1. The molecule has 4 aromatic rings. The number of nitrogens with zero attached hydrogens (tertiary/aromatic N) is 2. The average molecular weight is 652 g/mol. The van der Waals surface area contributed by atoms with Gasteiger partial charge in [0.05, 0.1) is 6.61 Å². The highest BCUT2D eigenvalue weighted by molar-refractivity contribution is 6.08. The number of urea groups is 1. The lowest BCUT2D eigenvalue weighted by Crippen LogP contribution is -2.30. The smallest absolute Gasteiger partial charge is 0.323 e. The summed E-state index contributed by atoms with van der Waals surface area (Å²) in [5.74, 6) is 1.80. The van der Waals surface area contributed by atoms with Crippen molar-refractivity contribution in [3.05, 3.63) is 76.2 Å². The second kappa shape index (κ2) is 16.2. The highest BCUT2D eigenvalue weighted by atomic mass is 16.5. The third-order valence-electron chi connectivity index (χ3n) is 9.57. The number of rotatable bonds is 13. The largest absolute Gasteiger partial charge is 0.494 e. The zero-order valence-electron chi connectivity index (χ0n) is 29.4. The van der Waals surface area contributed by atoms with E-state index in [1.54, 1.807) is 10.8 Å². The van der Waals surface area contributed by atoms with Crippen LogP contribution in [0.3, 0.4) is 0 Å². The van der Waals surface area contributed by atoms with Crippen LogP contribution in [-0.4, -0.2) is 22.2 Å². The Kier molecular flexibility index (Phi) is 11.8. The monoisotopic (exact) mass is 651 g/mol. The van der Waals surface area contributed by atoms with E-state index < -0.39 is 6.03 Å². The van der Waals surface area contributed by atoms with Gasteiger partial charge in [0.2, 0.25) is 0 Å². The summed E-state index contributed by atoms with van der Waals surface area (Å²) in [6, 6.07) is 15.0. The van der Waals surface area contributed by atoms with Crippen LogP contribution in [0.2, 0.25) is 0 Å². The maximum atomic E-state index is 14.3. The zero-order valence-corrected chi connectivity index (χ0v) is 29.4. The first-order valence-electron chi connectivity index (χ1n) is 17.9. The van der Waals surface area contributed by atoms with Crippen molar-refractivity contribution in [3.63, 3.8) is 0 Å². The molecule has 0 aliphatic heterocycles. The maximum Gasteiger partial charge on any atom is 0.323 e. The van der Waals surface area contributed by atoms with Crippen LogP contribution in [0.1, 0.15) is 115 Å². The van der Waals surface area contributed by atoms with Crippen LogP contribution in [-0.2, 0) is 6.54 Å². The Morgan fingerprint density at radius 2 is 1.67 bits per heavy atom. The molecule has 5 rings (SSSR count). The number of amides is 2. The van der Waals surface area contributed by atoms with E-state index in [1.165, 1.54) is 38.5 Å². The van der Waals surface area contributed by atoms with E-state index in [0.29, 0.717) is 30.0 Å². The van der Waals surface area contributed by atoms with Gasteiger partial charge >= 0.3 is 6.03 Å². The molecule has 4 N–H and O–H groups in total. The number of carbonyl (C=O) groups is 1. The Morgan fingerprint density at radius 1 is 0.958 bits per heavy atom. The summed E-state index contributed by atoms with van der Waals surface area (Å²) in [5, 5.41) is 6.91. The van der Waals surface area contributed by atoms with E-state index >= 15 is 0 Å². The highest BCUT2D eigenvalue weighted by Gasteiger charge is 2.23. The second-order valence-corrected chi connectivity index (χ2v) is 13.9. The highest BCUT2D eigenvalue weighted by Crippen LogP contribution is 2.37. The van der Waals surface area contributed by atoms with Crippen LogP contribution >= 0.6 is 0 Å². The molecular weight excluding hydrogens is 598 g/mol. The number of benzene rings is 2. The number of unbranched alkanes of at least 4 members (excludes halogenated alkanes) is 1. The molecule has 2 amide bonds.